The highest BCUT2D eigenvalue weighted by atomic mass is 19.3. The molecule has 0 atom stereocenters. The van der Waals surface area contributed by atoms with Crippen molar-refractivity contribution in [1.29, 1.82) is 0 Å². The van der Waals surface area contributed by atoms with Crippen molar-refractivity contribution in [2.75, 3.05) is 0 Å². The van der Waals surface area contributed by atoms with Gasteiger partial charge >= 0.3 is 12.2 Å². The standard InChI is InChI=1S/C5H8F4O3/c1-3(2)11-4(6,7)5(8,9)12-10/h3,10H,1-2H3. The van der Waals surface area contributed by atoms with E-state index in [9.17, 15) is 17.6 Å². The van der Waals surface area contributed by atoms with Crippen molar-refractivity contribution in [3.05, 3.63) is 0 Å². The van der Waals surface area contributed by atoms with Crippen molar-refractivity contribution < 1.29 is 32.4 Å². The van der Waals surface area contributed by atoms with Gasteiger partial charge in [0.05, 0.1) is 6.10 Å². The summed E-state index contributed by atoms with van der Waals surface area (Å²) >= 11 is 0. The van der Waals surface area contributed by atoms with Gasteiger partial charge in [-0.15, -0.1) is 0 Å². The topological polar surface area (TPSA) is 38.7 Å². The van der Waals surface area contributed by atoms with Gasteiger partial charge in [-0.2, -0.15) is 22.4 Å². The van der Waals surface area contributed by atoms with E-state index in [0.717, 1.165) is 13.8 Å². The van der Waals surface area contributed by atoms with Gasteiger partial charge in [0.2, 0.25) is 0 Å². The predicted octanol–water partition coefficient (Wildman–Crippen LogP) is 2.09. The van der Waals surface area contributed by atoms with Crippen LogP contribution < -0.4 is 0 Å². The van der Waals surface area contributed by atoms with E-state index in [1.165, 1.54) is 0 Å². The van der Waals surface area contributed by atoms with E-state index < -0.39 is 18.3 Å². The van der Waals surface area contributed by atoms with Crippen molar-refractivity contribution in [1.82, 2.24) is 0 Å². The minimum atomic E-state index is -5.03. The lowest BCUT2D eigenvalue weighted by molar-refractivity contribution is -0.514. The summed E-state index contributed by atoms with van der Waals surface area (Å²) in [6.45, 7) is 2.28. The lowest BCUT2D eigenvalue weighted by Gasteiger charge is -2.24. The summed E-state index contributed by atoms with van der Waals surface area (Å²) in [5, 5.41) is 7.43. The van der Waals surface area contributed by atoms with E-state index in [1.54, 1.807) is 0 Å². The highest BCUT2D eigenvalue weighted by Crippen LogP contribution is 2.36. The van der Waals surface area contributed by atoms with Gasteiger partial charge in [0.1, 0.15) is 0 Å². The van der Waals surface area contributed by atoms with Gasteiger partial charge in [0.25, 0.3) is 0 Å². The van der Waals surface area contributed by atoms with Crippen LogP contribution in [-0.4, -0.2) is 23.6 Å². The quantitative estimate of drug-likeness (QED) is 0.421. The first-order valence-corrected chi connectivity index (χ1v) is 2.99. The van der Waals surface area contributed by atoms with Gasteiger partial charge in [-0.25, -0.2) is 5.26 Å². The SMILES string of the molecule is CC(C)OC(F)(F)C(F)(F)OO. The van der Waals surface area contributed by atoms with Gasteiger partial charge < -0.3 is 4.74 Å². The van der Waals surface area contributed by atoms with Gasteiger partial charge in [0, 0.05) is 0 Å². The largest absolute Gasteiger partial charge is 0.474 e. The van der Waals surface area contributed by atoms with Gasteiger partial charge in [-0.05, 0) is 13.8 Å². The molecule has 0 heterocycles. The maximum Gasteiger partial charge on any atom is 0.474 e. The van der Waals surface area contributed by atoms with E-state index >= 15 is 0 Å². The monoisotopic (exact) mass is 192 g/mol. The molecular formula is C5H8F4O3. The maximum atomic E-state index is 12.2. The minimum absolute atomic E-state index is 1.11. The van der Waals surface area contributed by atoms with E-state index in [1.807, 2.05) is 0 Å². The maximum absolute atomic E-state index is 12.2. The second-order valence-corrected chi connectivity index (χ2v) is 2.29. The van der Waals surface area contributed by atoms with Gasteiger partial charge in [0.15, 0.2) is 0 Å². The molecule has 0 saturated carbocycles. The number of alkyl halides is 4. The fourth-order valence-electron chi connectivity index (χ4n) is 0.418. The number of rotatable bonds is 4. The zero-order valence-corrected chi connectivity index (χ0v) is 6.35. The second kappa shape index (κ2) is 3.55. The number of hydrogen-bond donors (Lipinski definition) is 1. The Balaban J connectivity index is 4.37. The lowest BCUT2D eigenvalue weighted by Crippen LogP contribution is -2.45. The molecule has 0 fully saturated rings. The molecule has 12 heavy (non-hydrogen) atoms. The van der Waals surface area contributed by atoms with Crippen LogP contribution in [0.2, 0.25) is 0 Å². The summed E-state index contributed by atoms with van der Waals surface area (Å²) in [6, 6.07) is 0. The van der Waals surface area contributed by atoms with Crippen molar-refractivity contribution in [3.63, 3.8) is 0 Å². The Hall–Kier alpha value is -0.400. The molecule has 0 aromatic heterocycles. The molecule has 0 amide bonds. The molecule has 0 radical (unpaired) electrons. The third kappa shape index (κ3) is 2.58. The van der Waals surface area contributed by atoms with Crippen molar-refractivity contribution >= 4 is 0 Å². The van der Waals surface area contributed by atoms with Crippen LogP contribution in [0.5, 0.6) is 0 Å². The molecule has 0 aliphatic heterocycles. The molecule has 0 spiro atoms. The molecule has 0 aliphatic carbocycles. The Morgan fingerprint density at radius 3 is 1.75 bits per heavy atom. The molecule has 0 aromatic carbocycles. The van der Waals surface area contributed by atoms with Crippen LogP contribution in [0.3, 0.4) is 0 Å². The average molecular weight is 192 g/mol. The van der Waals surface area contributed by atoms with Crippen LogP contribution in [0.4, 0.5) is 17.6 Å². The summed E-state index contributed by atoms with van der Waals surface area (Å²) < 4.78 is 51.8. The smallest absolute Gasteiger partial charge is 0.311 e. The number of halogens is 4. The highest BCUT2D eigenvalue weighted by Gasteiger charge is 2.61. The Morgan fingerprint density at radius 1 is 1.08 bits per heavy atom. The van der Waals surface area contributed by atoms with Crippen LogP contribution in [0.15, 0.2) is 0 Å². The minimum Gasteiger partial charge on any atom is -0.311 e. The van der Waals surface area contributed by atoms with Gasteiger partial charge in [-0.1, -0.05) is 0 Å². The number of ether oxygens (including phenoxy) is 1. The highest BCUT2D eigenvalue weighted by molar-refractivity contribution is 4.65. The first-order valence-electron chi connectivity index (χ1n) is 2.99. The number of hydrogen-bond acceptors (Lipinski definition) is 3. The third-order valence-electron chi connectivity index (χ3n) is 0.837. The van der Waals surface area contributed by atoms with Crippen LogP contribution in [0.1, 0.15) is 13.8 Å². The molecule has 0 unspecified atom stereocenters. The Kier molecular flexibility index (Phi) is 3.43. The normalized spacial score (nSPS) is 14.0. The molecule has 0 saturated heterocycles. The molecule has 0 aromatic rings. The van der Waals surface area contributed by atoms with E-state index in [2.05, 4.69) is 9.62 Å². The zero-order valence-electron chi connectivity index (χ0n) is 6.35. The summed E-state index contributed by atoms with van der Waals surface area (Å²) in [5.74, 6) is 0. The van der Waals surface area contributed by atoms with Crippen LogP contribution in [0, 0.1) is 0 Å². The predicted molar refractivity (Wildman–Crippen MR) is 29.8 cm³/mol. The Labute approximate surface area is 65.8 Å². The molecule has 74 valence electrons. The molecule has 7 heteroatoms. The second-order valence-electron chi connectivity index (χ2n) is 2.29. The van der Waals surface area contributed by atoms with Crippen LogP contribution >= 0.6 is 0 Å². The van der Waals surface area contributed by atoms with E-state index in [-0.39, 0.29) is 0 Å². The molecular weight excluding hydrogens is 184 g/mol. The first kappa shape index (κ1) is 11.6. The van der Waals surface area contributed by atoms with Crippen LogP contribution in [-0.2, 0) is 9.62 Å². The van der Waals surface area contributed by atoms with Gasteiger partial charge in [-0.3, -0.25) is 0 Å². The van der Waals surface area contributed by atoms with E-state index in [4.69, 9.17) is 5.26 Å². The molecule has 0 aliphatic rings. The van der Waals surface area contributed by atoms with Crippen molar-refractivity contribution in [2.45, 2.75) is 32.2 Å². The Morgan fingerprint density at radius 2 is 1.50 bits per heavy atom. The third-order valence-corrected chi connectivity index (χ3v) is 0.837. The summed E-state index contributed by atoms with van der Waals surface area (Å²) in [6.07, 6.45) is -11.0. The summed E-state index contributed by atoms with van der Waals surface area (Å²) in [4.78, 5) is 2.30. The Bertz CT molecular complexity index is 148. The lowest BCUT2D eigenvalue weighted by atomic mass is 10.4. The van der Waals surface area contributed by atoms with Crippen LogP contribution in [0.25, 0.3) is 0 Å². The molecule has 0 bridgehead atoms. The molecule has 1 N–H and O–H groups in total. The average Bonchev–Trinajstić information content (AvgIpc) is 1.84. The van der Waals surface area contributed by atoms with Crippen molar-refractivity contribution in [2.24, 2.45) is 0 Å². The zero-order chi connectivity index (χ0) is 9.99. The fraction of sp³-hybridized carbons (Fsp3) is 1.00. The summed E-state index contributed by atoms with van der Waals surface area (Å²) in [5.41, 5.74) is 0. The first-order chi connectivity index (χ1) is 5.23. The van der Waals surface area contributed by atoms with Crippen molar-refractivity contribution in [3.8, 4) is 0 Å². The summed E-state index contributed by atoms with van der Waals surface area (Å²) in [7, 11) is 0. The van der Waals surface area contributed by atoms with E-state index in [0.29, 0.717) is 0 Å². The molecule has 0 rings (SSSR count). The fourth-order valence-corrected chi connectivity index (χ4v) is 0.418. The molecule has 3 nitrogen and oxygen atoms in total.